The summed E-state index contributed by atoms with van der Waals surface area (Å²) in [4.78, 5) is 10.9. The second-order valence-electron chi connectivity index (χ2n) is 4.03. The van der Waals surface area contributed by atoms with Crippen molar-refractivity contribution in [2.75, 3.05) is 0 Å². The Kier molecular flexibility index (Phi) is 9.24. The summed E-state index contributed by atoms with van der Waals surface area (Å²) in [5.41, 5.74) is 0. The highest BCUT2D eigenvalue weighted by Crippen LogP contribution is 2.17. The standard InChI is InChI=1S/C13H24O2/c1-3-5-7-8-9-11-12(13(14)15)10-6-4-2/h3,5,12H,4,6-11H2,1-2H3,(H,14,15). The summed E-state index contributed by atoms with van der Waals surface area (Å²) in [7, 11) is 0. The van der Waals surface area contributed by atoms with E-state index in [4.69, 9.17) is 5.11 Å². The van der Waals surface area contributed by atoms with Crippen molar-refractivity contribution in [3.8, 4) is 0 Å². The van der Waals surface area contributed by atoms with Gasteiger partial charge in [0.05, 0.1) is 5.92 Å². The fraction of sp³-hybridized carbons (Fsp3) is 0.769. The van der Waals surface area contributed by atoms with E-state index in [1.807, 2.05) is 13.0 Å². The molecule has 0 amide bonds. The number of carbonyl (C=O) groups is 1. The third-order valence-electron chi connectivity index (χ3n) is 2.66. The van der Waals surface area contributed by atoms with Gasteiger partial charge >= 0.3 is 5.97 Å². The van der Waals surface area contributed by atoms with Crippen molar-refractivity contribution in [2.24, 2.45) is 5.92 Å². The van der Waals surface area contributed by atoms with Crippen LogP contribution in [0.5, 0.6) is 0 Å². The Bertz CT molecular complexity index is 185. The predicted molar refractivity (Wildman–Crippen MR) is 63.9 cm³/mol. The molecular formula is C13H24O2. The highest BCUT2D eigenvalue weighted by Gasteiger charge is 2.15. The van der Waals surface area contributed by atoms with Gasteiger partial charge in [-0.2, -0.15) is 0 Å². The van der Waals surface area contributed by atoms with Crippen LogP contribution in [0.25, 0.3) is 0 Å². The predicted octanol–water partition coefficient (Wildman–Crippen LogP) is 4.01. The average molecular weight is 212 g/mol. The largest absolute Gasteiger partial charge is 0.481 e. The van der Waals surface area contributed by atoms with Crippen LogP contribution in [0.15, 0.2) is 12.2 Å². The van der Waals surface area contributed by atoms with E-state index >= 15 is 0 Å². The van der Waals surface area contributed by atoms with E-state index in [9.17, 15) is 4.79 Å². The number of rotatable bonds is 9. The summed E-state index contributed by atoms with van der Waals surface area (Å²) in [6.45, 7) is 4.12. The smallest absolute Gasteiger partial charge is 0.306 e. The molecule has 2 nitrogen and oxygen atoms in total. The lowest BCUT2D eigenvalue weighted by Gasteiger charge is -2.10. The number of hydrogen-bond acceptors (Lipinski definition) is 1. The molecule has 0 fully saturated rings. The molecule has 2 heteroatoms. The molecular weight excluding hydrogens is 188 g/mol. The fourth-order valence-corrected chi connectivity index (χ4v) is 1.66. The van der Waals surface area contributed by atoms with Crippen LogP contribution in [0, 0.1) is 5.92 Å². The molecule has 0 aromatic carbocycles. The van der Waals surface area contributed by atoms with Crippen LogP contribution in [0.4, 0.5) is 0 Å². The van der Waals surface area contributed by atoms with Gasteiger partial charge in [0.25, 0.3) is 0 Å². The zero-order chi connectivity index (χ0) is 11.5. The normalized spacial score (nSPS) is 13.2. The number of carboxylic acids is 1. The van der Waals surface area contributed by atoms with E-state index in [0.717, 1.165) is 44.9 Å². The van der Waals surface area contributed by atoms with E-state index in [1.54, 1.807) is 0 Å². The molecule has 1 N–H and O–H groups in total. The molecule has 88 valence electrons. The lowest BCUT2D eigenvalue weighted by atomic mass is 9.96. The van der Waals surface area contributed by atoms with Crippen molar-refractivity contribution >= 4 is 5.97 Å². The van der Waals surface area contributed by atoms with Crippen molar-refractivity contribution in [2.45, 2.75) is 58.8 Å². The number of aliphatic carboxylic acids is 1. The first-order valence-corrected chi connectivity index (χ1v) is 6.06. The molecule has 0 saturated heterocycles. The highest BCUT2D eigenvalue weighted by atomic mass is 16.4. The molecule has 1 unspecified atom stereocenters. The van der Waals surface area contributed by atoms with Gasteiger partial charge in [0.1, 0.15) is 0 Å². The minimum absolute atomic E-state index is 0.115. The summed E-state index contributed by atoms with van der Waals surface area (Å²) in [5, 5.41) is 8.99. The van der Waals surface area contributed by atoms with Gasteiger partial charge in [0.2, 0.25) is 0 Å². The van der Waals surface area contributed by atoms with Crippen molar-refractivity contribution in [1.82, 2.24) is 0 Å². The molecule has 0 aliphatic carbocycles. The van der Waals surface area contributed by atoms with E-state index in [-0.39, 0.29) is 5.92 Å². The van der Waals surface area contributed by atoms with Gasteiger partial charge in [-0.3, -0.25) is 4.79 Å². The minimum atomic E-state index is -0.616. The fourth-order valence-electron chi connectivity index (χ4n) is 1.66. The summed E-state index contributed by atoms with van der Waals surface area (Å²) >= 11 is 0. The van der Waals surface area contributed by atoms with Crippen LogP contribution in [0.3, 0.4) is 0 Å². The van der Waals surface area contributed by atoms with Gasteiger partial charge in [-0.25, -0.2) is 0 Å². The van der Waals surface area contributed by atoms with Crippen LogP contribution in [0.2, 0.25) is 0 Å². The Morgan fingerprint density at radius 3 is 2.47 bits per heavy atom. The molecule has 0 saturated carbocycles. The lowest BCUT2D eigenvalue weighted by molar-refractivity contribution is -0.142. The number of unbranched alkanes of at least 4 members (excludes halogenated alkanes) is 3. The van der Waals surface area contributed by atoms with Crippen LogP contribution < -0.4 is 0 Å². The van der Waals surface area contributed by atoms with E-state index in [1.165, 1.54) is 0 Å². The molecule has 0 spiro atoms. The number of allylic oxidation sites excluding steroid dienone is 2. The Balaban J connectivity index is 3.61. The second kappa shape index (κ2) is 9.75. The third kappa shape index (κ3) is 8.22. The molecule has 0 aliphatic heterocycles. The maximum atomic E-state index is 10.9. The summed E-state index contributed by atoms with van der Waals surface area (Å²) in [5.74, 6) is -0.731. The molecule has 0 bridgehead atoms. The number of carboxylic acid groups (broad SMARTS) is 1. The first-order valence-electron chi connectivity index (χ1n) is 6.06. The summed E-state index contributed by atoms with van der Waals surface area (Å²) < 4.78 is 0. The van der Waals surface area contributed by atoms with E-state index in [0.29, 0.717) is 0 Å². The monoisotopic (exact) mass is 212 g/mol. The molecule has 0 heterocycles. The molecule has 0 aromatic heterocycles. The number of hydrogen-bond donors (Lipinski definition) is 1. The first-order chi connectivity index (χ1) is 7.22. The third-order valence-corrected chi connectivity index (χ3v) is 2.66. The zero-order valence-corrected chi connectivity index (χ0v) is 10.0. The second-order valence-corrected chi connectivity index (χ2v) is 4.03. The molecule has 15 heavy (non-hydrogen) atoms. The maximum absolute atomic E-state index is 10.9. The molecule has 1 atom stereocenters. The van der Waals surface area contributed by atoms with Gasteiger partial charge in [-0.15, -0.1) is 0 Å². The Hall–Kier alpha value is -0.790. The molecule has 0 aliphatic rings. The molecule has 0 radical (unpaired) electrons. The average Bonchev–Trinajstić information content (AvgIpc) is 2.21. The topological polar surface area (TPSA) is 37.3 Å². The van der Waals surface area contributed by atoms with Crippen molar-refractivity contribution in [1.29, 1.82) is 0 Å². The van der Waals surface area contributed by atoms with Gasteiger partial charge < -0.3 is 5.11 Å². The van der Waals surface area contributed by atoms with Crippen LogP contribution >= 0.6 is 0 Å². The van der Waals surface area contributed by atoms with Crippen molar-refractivity contribution in [3.05, 3.63) is 12.2 Å². The van der Waals surface area contributed by atoms with Gasteiger partial charge in [0, 0.05) is 0 Å². The summed E-state index contributed by atoms with van der Waals surface area (Å²) in [6.07, 6.45) is 11.2. The Labute approximate surface area is 93.4 Å². The van der Waals surface area contributed by atoms with E-state index < -0.39 is 5.97 Å². The summed E-state index contributed by atoms with van der Waals surface area (Å²) in [6, 6.07) is 0. The van der Waals surface area contributed by atoms with Crippen LogP contribution in [0.1, 0.15) is 58.8 Å². The zero-order valence-electron chi connectivity index (χ0n) is 10.0. The lowest BCUT2D eigenvalue weighted by Crippen LogP contribution is -2.13. The van der Waals surface area contributed by atoms with Crippen LogP contribution in [-0.4, -0.2) is 11.1 Å². The molecule has 0 rings (SSSR count). The SMILES string of the molecule is CC=CCCCCC(CCCC)C(=O)O. The van der Waals surface area contributed by atoms with E-state index in [2.05, 4.69) is 13.0 Å². The van der Waals surface area contributed by atoms with Crippen LogP contribution in [-0.2, 0) is 4.79 Å². The molecule has 0 aromatic rings. The van der Waals surface area contributed by atoms with Crippen molar-refractivity contribution in [3.63, 3.8) is 0 Å². The quantitative estimate of drug-likeness (QED) is 0.463. The maximum Gasteiger partial charge on any atom is 0.306 e. The first kappa shape index (κ1) is 14.2. The Morgan fingerprint density at radius 1 is 1.27 bits per heavy atom. The Morgan fingerprint density at radius 2 is 1.93 bits per heavy atom. The highest BCUT2D eigenvalue weighted by molar-refractivity contribution is 5.69. The minimum Gasteiger partial charge on any atom is -0.481 e. The van der Waals surface area contributed by atoms with Gasteiger partial charge in [-0.1, -0.05) is 38.3 Å². The van der Waals surface area contributed by atoms with Crippen molar-refractivity contribution < 1.29 is 9.90 Å². The van der Waals surface area contributed by atoms with Gasteiger partial charge in [0.15, 0.2) is 0 Å². The van der Waals surface area contributed by atoms with Gasteiger partial charge in [-0.05, 0) is 32.6 Å².